The van der Waals surface area contributed by atoms with Gasteiger partial charge in [-0.1, -0.05) is 27.2 Å². The molecule has 0 aromatic heterocycles. The van der Waals surface area contributed by atoms with E-state index in [9.17, 15) is 4.79 Å². The van der Waals surface area contributed by atoms with Gasteiger partial charge in [-0.15, -0.1) is 0 Å². The van der Waals surface area contributed by atoms with Gasteiger partial charge in [0.05, 0.1) is 12.1 Å². The molecular formula is C17H32N2O2. The zero-order valence-corrected chi connectivity index (χ0v) is 13.8. The zero-order valence-electron chi connectivity index (χ0n) is 13.8. The summed E-state index contributed by atoms with van der Waals surface area (Å²) in [5, 5.41) is 3.32. The van der Waals surface area contributed by atoms with Gasteiger partial charge in [0, 0.05) is 12.6 Å². The zero-order chi connectivity index (χ0) is 15.4. The van der Waals surface area contributed by atoms with Gasteiger partial charge in [-0.2, -0.15) is 0 Å². The van der Waals surface area contributed by atoms with Crippen molar-refractivity contribution in [3.63, 3.8) is 0 Å². The molecule has 0 saturated heterocycles. The fourth-order valence-electron chi connectivity index (χ4n) is 3.49. The molecule has 21 heavy (non-hydrogen) atoms. The number of primary amides is 1. The van der Waals surface area contributed by atoms with Crippen LogP contribution in [0.1, 0.15) is 59.3 Å². The van der Waals surface area contributed by atoms with Crippen molar-refractivity contribution in [2.75, 3.05) is 6.61 Å². The number of hydrogen-bond donors (Lipinski definition) is 2. The van der Waals surface area contributed by atoms with Crippen molar-refractivity contribution in [2.24, 2.45) is 23.5 Å². The highest BCUT2D eigenvalue weighted by Gasteiger charge is 2.32. The number of nitrogens with two attached hydrogens (primary N) is 1. The number of carbonyl (C=O) groups excluding carboxylic acids is 1. The lowest BCUT2D eigenvalue weighted by Gasteiger charge is -2.37. The molecule has 2 fully saturated rings. The summed E-state index contributed by atoms with van der Waals surface area (Å²) in [4.78, 5) is 11.5. The fraction of sp³-hybridized carbons (Fsp3) is 0.941. The fourth-order valence-corrected chi connectivity index (χ4v) is 3.49. The van der Waals surface area contributed by atoms with Crippen LogP contribution in [0.15, 0.2) is 0 Å². The standard InChI is InChI=1S/C17H32N2O2/c1-11(2)14-7-4-12(3)10-16(14)21-9-8-15(17(18)20)19-13-5-6-13/h11-16,19H,4-10H2,1-3H3,(H2,18,20). The Morgan fingerprint density at radius 3 is 2.57 bits per heavy atom. The number of rotatable bonds is 8. The molecule has 3 N–H and O–H groups in total. The van der Waals surface area contributed by atoms with E-state index < -0.39 is 0 Å². The quantitative estimate of drug-likeness (QED) is 0.723. The lowest BCUT2D eigenvalue weighted by Crippen LogP contribution is -2.43. The minimum Gasteiger partial charge on any atom is -0.378 e. The van der Waals surface area contributed by atoms with Crippen LogP contribution in [0.3, 0.4) is 0 Å². The van der Waals surface area contributed by atoms with E-state index in [1.165, 1.54) is 25.7 Å². The van der Waals surface area contributed by atoms with Crippen LogP contribution in [0.5, 0.6) is 0 Å². The van der Waals surface area contributed by atoms with Crippen LogP contribution >= 0.6 is 0 Å². The Bertz CT molecular complexity index is 342. The van der Waals surface area contributed by atoms with Gasteiger partial charge in [-0.25, -0.2) is 0 Å². The molecule has 0 heterocycles. The Balaban J connectivity index is 1.77. The van der Waals surface area contributed by atoms with Crippen LogP contribution in [0.25, 0.3) is 0 Å². The average molecular weight is 296 g/mol. The Morgan fingerprint density at radius 2 is 2.00 bits per heavy atom. The number of carbonyl (C=O) groups is 1. The topological polar surface area (TPSA) is 64.3 Å². The van der Waals surface area contributed by atoms with Crippen molar-refractivity contribution in [1.29, 1.82) is 0 Å². The second-order valence-corrected chi connectivity index (χ2v) is 7.42. The van der Waals surface area contributed by atoms with Gasteiger partial charge in [0.2, 0.25) is 5.91 Å². The molecule has 1 amide bonds. The minimum atomic E-state index is -0.247. The molecule has 122 valence electrons. The molecule has 2 saturated carbocycles. The lowest BCUT2D eigenvalue weighted by atomic mass is 9.75. The van der Waals surface area contributed by atoms with Gasteiger partial charge in [-0.3, -0.25) is 4.79 Å². The maximum absolute atomic E-state index is 11.5. The minimum absolute atomic E-state index is 0.226. The summed E-state index contributed by atoms with van der Waals surface area (Å²) in [6, 6.07) is 0.275. The van der Waals surface area contributed by atoms with Gasteiger partial charge in [0.1, 0.15) is 0 Å². The average Bonchev–Trinajstić information content (AvgIpc) is 3.21. The van der Waals surface area contributed by atoms with Crippen LogP contribution in [0.2, 0.25) is 0 Å². The first-order valence-electron chi connectivity index (χ1n) is 8.64. The molecule has 0 aromatic carbocycles. The first-order valence-corrected chi connectivity index (χ1v) is 8.64. The molecule has 0 spiro atoms. The molecule has 4 heteroatoms. The third-order valence-electron chi connectivity index (χ3n) is 5.06. The van der Waals surface area contributed by atoms with Gasteiger partial charge < -0.3 is 15.8 Å². The van der Waals surface area contributed by atoms with E-state index in [2.05, 4.69) is 26.1 Å². The van der Waals surface area contributed by atoms with Crippen molar-refractivity contribution in [2.45, 2.75) is 77.5 Å². The highest BCUT2D eigenvalue weighted by Crippen LogP contribution is 2.35. The molecule has 0 aliphatic heterocycles. The highest BCUT2D eigenvalue weighted by atomic mass is 16.5. The summed E-state index contributed by atoms with van der Waals surface area (Å²) in [5.41, 5.74) is 5.47. The molecule has 4 atom stereocenters. The number of ether oxygens (including phenoxy) is 1. The summed E-state index contributed by atoms with van der Waals surface area (Å²) in [6.45, 7) is 7.53. The van der Waals surface area contributed by atoms with Crippen LogP contribution < -0.4 is 11.1 Å². The molecule has 4 nitrogen and oxygen atoms in total. The molecule has 4 unspecified atom stereocenters. The third-order valence-corrected chi connectivity index (χ3v) is 5.06. The lowest BCUT2D eigenvalue weighted by molar-refractivity contribution is -0.121. The van der Waals surface area contributed by atoms with E-state index in [1.807, 2.05) is 0 Å². The van der Waals surface area contributed by atoms with E-state index >= 15 is 0 Å². The van der Waals surface area contributed by atoms with Gasteiger partial charge >= 0.3 is 0 Å². The van der Waals surface area contributed by atoms with Gasteiger partial charge in [0.25, 0.3) is 0 Å². The second-order valence-electron chi connectivity index (χ2n) is 7.42. The summed E-state index contributed by atoms with van der Waals surface area (Å²) >= 11 is 0. The van der Waals surface area contributed by atoms with Crippen LogP contribution in [0.4, 0.5) is 0 Å². The maximum Gasteiger partial charge on any atom is 0.234 e. The maximum atomic E-state index is 11.5. The summed E-state index contributed by atoms with van der Waals surface area (Å²) in [6.07, 6.45) is 7.12. The molecule has 2 aliphatic carbocycles. The van der Waals surface area contributed by atoms with E-state index in [1.54, 1.807) is 0 Å². The molecule has 0 bridgehead atoms. The number of amides is 1. The summed E-state index contributed by atoms with van der Waals surface area (Å²) in [5.74, 6) is 1.83. The van der Waals surface area contributed by atoms with Crippen LogP contribution in [-0.2, 0) is 9.53 Å². The number of hydrogen-bond acceptors (Lipinski definition) is 3. The van der Waals surface area contributed by atoms with Crippen molar-refractivity contribution in [3.05, 3.63) is 0 Å². The molecule has 0 radical (unpaired) electrons. The molecule has 2 aliphatic rings. The van der Waals surface area contributed by atoms with Crippen molar-refractivity contribution < 1.29 is 9.53 Å². The van der Waals surface area contributed by atoms with E-state index in [4.69, 9.17) is 10.5 Å². The van der Waals surface area contributed by atoms with Crippen molar-refractivity contribution in [1.82, 2.24) is 5.32 Å². The van der Waals surface area contributed by atoms with E-state index in [0.29, 0.717) is 37.0 Å². The monoisotopic (exact) mass is 296 g/mol. The predicted octanol–water partition coefficient (Wildman–Crippen LogP) is 2.46. The largest absolute Gasteiger partial charge is 0.378 e. The predicted molar refractivity (Wildman–Crippen MR) is 84.8 cm³/mol. The molecule has 2 rings (SSSR count). The van der Waals surface area contributed by atoms with E-state index in [-0.39, 0.29) is 11.9 Å². The first kappa shape index (κ1) is 16.8. The number of nitrogens with one attached hydrogen (secondary N) is 1. The normalized spacial score (nSPS) is 31.3. The summed E-state index contributed by atoms with van der Waals surface area (Å²) < 4.78 is 6.16. The SMILES string of the molecule is CC1CCC(C(C)C)C(OCCC(NC2CC2)C(N)=O)C1. The molecule has 0 aromatic rings. The van der Waals surface area contributed by atoms with Crippen molar-refractivity contribution in [3.8, 4) is 0 Å². The van der Waals surface area contributed by atoms with E-state index in [0.717, 1.165) is 12.3 Å². The highest BCUT2D eigenvalue weighted by molar-refractivity contribution is 5.79. The Kier molecular flexibility index (Phi) is 6.06. The Labute approximate surface area is 129 Å². The third kappa shape index (κ3) is 5.26. The van der Waals surface area contributed by atoms with Gasteiger partial charge in [0.15, 0.2) is 0 Å². The molecular weight excluding hydrogens is 264 g/mol. The first-order chi connectivity index (χ1) is 9.97. The Morgan fingerprint density at radius 1 is 1.29 bits per heavy atom. The van der Waals surface area contributed by atoms with Crippen LogP contribution in [0, 0.1) is 17.8 Å². The summed E-state index contributed by atoms with van der Waals surface area (Å²) in [7, 11) is 0. The van der Waals surface area contributed by atoms with Crippen molar-refractivity contribution >= 4 is 5.91 Å². The van der Waals surface area contributed by atoms with Gasteiger partial charge in [-0.05, 0) is 49.9 Å². The van der Waals surface area contributed by atoms with Crippen LogP contribution in [-0.4, -0.2) is 30.7 Å². The smallest absolute Gasteiger partial charge is 0.234 e. The second kappa shape index (κ2) is 7.59. The Hall–Kier alpha value is -0.610.